The zero-order chi connectivity index (χ0) is 27.1. The highest BCUT2D eigenvalue weighted by molar-refractivity contribution is 9.10. The van der Waals surface area contributed by atoms with Crippen LogP contribution in [0.5, 0.6) is 0 Å². The third-order valence-electron chi connectivity index (χ3n) is 7.82. The summed E-state index contributed by atoms with van der Waals surface area (Å²) < 4.78 is 12.6. The van der Waals surface area contributed by atoms with E-state index in [4.69, 9.17) is 23.8 Å². The topological polar surface area (TPSA) is 65.0 Å². The number of para-hydroxylation sites is 2. The van der Waals surface area contributed by atoms with Gasteiger partial charge in [0.15, 0.2) is 4.73 Å². The molecule has 4 heterocycles. The number of fused-ring (bicyclic) bond motifs is 9. The second kappa shape index (κ2) is 8.46. The van der Waals surface area contributed by atoms with Crippen molar-refractivity contribution in [2.24, 2.45) is 0 Å². The van der Waals surface area contributed by atoms with E-state index in [9.17, 15) is 0 Å². The van der Waals surface area contributed by atoms with Crippen molar-refractivity contribution in [3.05, 3.63) is 114 Å². The van der Waals surface area contributed by atoms with Crippen LogP contribution >= 0.6 is 15.9 Å². The van der Waals surface area contributed by atoms with Crippen molar-refractivity contribution in [2.45, 2.75) is 0 Å². The molecule has 5 nitrogen and oxygen atoms in total. The summed E-state index contributed by atoms with van der Waals surface area (Å²) in [5.74, 6) is 0. The zero-order valence-electron chi connectivity index (χ0n) is 21.4. The molecule has 0 amide bonds. The van der Waals surface area contributed by atoms with E-state index in [-0.39, 0.29) is 0 Å². The summed E-state index contributed by atoms with van der Waals surface area (Å²) in [5.41, 5.74) is 8.83. The van der Waals surface area contributed by atoms with E-state index in [1.54, 1.807) is 0 Å². The molecule has 9 rings (SSSR count). The van der Waals surface area contributed by atoms with Crippen LogP contribution in [0.3, 0.4) is 0 Å². The van der Waals surface area contributed by atoms with Crippen LogP contribution in [0.15, 0.2) is 123 Å². The lowest BCUT2D eigenvalue weighted by Gasteiger charge is -2.10. The average Bonchev–Trinajstić information content (AvgIpc) is 3.58. The van der Waals surface area contributed by atoms with Gasteiger partial charge < -0.3 is 8.83 Å². The predicted molar refractivity (Wildman–Crippen MR) is 168 cm³/mol. The van der Waals surface area contributed by atoms with Gasteiger partial charge in [0.1, 0.15) is 27.8 Å². The Balaban J connectivity index is 1.25. The Morgan fingerprint density at radius 3 is 1.80 bits per heavy atom. The monoisotopic (exact) mass is 591 g/mol. The summed E-state index contributed by atoms with van der Waals surface area (Å²) in [6.07, 6.45) is 0. The smallest absolute Gasteiger partial charge is 0.197 e. The standard InChI is InChI=1S/C35H18BrN3O2/c36-35-38-32(21-12-16-31-26(18-21)23-6-2-4-8-29(23)41-31)24-13-9-19-10-14-27(37-33(19)34(24)39-35)20-11-15-30-25(17-20)22-5-1-3-7-28(22)40-30/h1-18H. The van der Waals surface area contributed by atoms with Gasteiger partial charge in [0, 0.05) is 43.4 Å². The number of rotatable bonds is 2. The number of hydrogen-bond acceptors (Lipinski definition) is 5. The first kappa shape index (κ1) is 22.7. The first-order valence-electron chi connectivity index (χ1n) is 13.3. The lowest BCUT2D eigenvalue weighted by molar-refractivity contribution is 0.668. The Bertz CT molecular complexity index is 2510. The minimum absolute atomic E-state index is 0.517. The fourth-order valence-electron chi connectivity index (χ4n) is 5.89. The third kappa shape index (κ3) is 3.44. The van der Waals surface area contributed by atoms with Crippen LogP contribution in [-0.4, -0.2) is 15.0 Å². The largest absolute Gasteiger partial charge is 0.456 e. The van der Waals surface area contributed by atoms with Crippen molar-refractivity contribution >= 4 is 81.6 Å². The number of aromatic nitrogens is 3. The maximum Gasteiger partial charge on any atom is 0.197 e. The molecule has 0 N–H and O–H groups in total. The summed E-state index contributed by atoms with van der Waals surface area (Å²) in [6.45, 7) is 0. The fraction of sp³-hybridized carbons (Fsp3) is 0. The lowest BCUT2D eigenvalue weighted by Crippen LogP contribution is -1.94. The minimum atomic E-state index is 0.517. The Hall–Kier alpha value is -5.07. The molecule has 41 heavy (non-hydrogen) atoms. The highest BCUT2D eigenvalue weighted by atomic mass is 79.9. The van der Waals surface area contributed by atoms with Crippen LogP contribution in [0, 0.1) is 0 Å². The summed E-state index contributed by atoms with van der Waals surface area (Å²) in [5, 5.41) is 6.27. The second-order valence-electron chi connectivity index (χ2n) is 10.2. The Morgan fingerprint density at radius 2 is 1.07 bits per heavy atom. The molecule has 0 fully saturated rings. The number of furan rings is 2. The number of hydrogen-bond donors (Lipinski definition) is 0. The highest BCUT2D eigenvalue weighted by Gasteiger charge is 2.16. The van der Waals surface area contributed by atoms with Gasteiger partial charge in [0.2, 0.25) is 0 Å². The molecule has 9 aromatic rings. The van der Waals surface area contributed by atoms with Gasteiger partial charge in [-0.1, -0.05) is 48.5 Å². The molecule has 0 bridgehead atoms. The van der Waals surface area contributed by atoms with Crippen LogP contribution < -0.4 is 0 Å². The maximum atomic E-state index is 6.05. The van der Waals surface area contributed by atoms with E-state index in [1.165, 1.54) is 0 Å². The molecule has 6 heteroatoms. The molecule has 5 aromatic carbocycles. The molecule has 0 saturated heterocycles. The first-order chi connectivity index (χ1) is 20.2. The van der Waals surface area contributed by atoms with Gasteiger partial charge >= 0.3 is 0 Å². The van der Waals surface area contributed by atoms with Crippen LogP contribution in [0.2, 0.25) is 0 Å². The van der Waals surface area contributed by atoms with Gasteiger partial charge in [-0.15, -0.1) is 0 Å². The average molecular weight is 592 g/mol. The molecular weight excluding hydrogens is 574 g/mol. The summed E-state index contributed by atoms with van der Waals surface area (Å²) in [6, 6.07) is 37.0. The molecule has 192 valence electrons. The molecular formula is C35H18BrN3O2. The second-order valence-corrected chi connectivity index (χ2v) is 10.9. The van der Waals surface area contributed by atoms with E-state index < -0.39 is 0 Å². The molecule has 0 atom stereocenters. The van der Waals surface area contributed by atoms with Crippen molar-refractivity contribution in [1.82, 2.24) is 15.0 Å². The molecule has 0 unspecified atom stereocenters. The van der Waals surface area contributed by atoms with Crippen molar-refractivity contribution in [2.75, 3.05) is 0 Å². The summed E-state index contributed by atoms with van der Waals surface area (Å²) in [4.78, 5) is 14.8. The number of nitrogens with zero attached hydrogens (tertiary/aromatic N) is 3. The van der Waals surface area contributed by atoms with Crippen LogP contribution in [0.25, 0.3) is 88.2 Å². The quantitative estimate of drug-likeness (QED) is 0.148. The molecule has 0 spiro atoms. The minimum Gasteiger partial charge on any atom is -0.456 e. The van der Waals surface area contributed by atoms with E-state index in [2.05, 4.69) is 76.6 Å². The van der Waals surface area contributed by atoms with Crippen molar-refractivity contribution in [3.8, 4) is 22.5 Å². The fourth-order valence-corrected chi connectivity index (χ4v) is 6.24. The molecule has 0 radical (unpaired) electrons. The van der Waals surface area contributed by atoms with E-state index in [0.29, 0.717) is 4.73 Å². The first-order valence-corrected chi connectivity index (χ1v) is 14.1. The van der Waals surface area contributed by atoms with Gasteiger partial charge in [0.25, 0.3) is 0 Å². The lowest BCUT2D eigenvalue weighted by atomic mass is 10.0. The molecule has 0 aliphatic carbocycles. The molecule has 4 aromatic heterocycles. The van der Waals surface area contributed by atoms with Crippen LogP contribution in [-0.2, 0) is 0 Å². The Labute approximate surface area is 241 Å². The predicted octanol–water partition coefficient (Wildman–Crippen LogP) is 10.1. The van der Waals surface area contributed by atoms with Gasteiger partial charge in [-0.05, 0) is 76.6 Å². The van der Waals surface area contributed by atoms with Gasteiger partial charge in [0.05, 0.1) is 16.9 Å². The van der Waals surface area contributed by atoms with E-state index >= 15 is 0 Å². The summed E-state index contributed by atoms with van der Waals surface area (Å²) >= 11 is 3.58. The molecule has 0 aliphatic heterocycles. The normalized spacial score (nSPS) is 12.0. The maximum absolute atomic E-state index is 6.05. The van der Waals surface area contributed by atoms with Crippen molar-refractivity contribution in [3.63, 3.8) is 0 Å². The molecule has 0 saturated carbocycles. The van der Waals surface area contributed by atoms with Gasteiger partial charge in [-0.25, -0.2) is 15.0 Å². The van der Waals surface area contributed by atoms with E-state index in [1.807, 2.05) is 48.5 Å². The number of benzene rings is 5. The Morgan fingerprint density at radius 1 is 0.463 bits per heavy atom. The van der Waals surface area contributed by atoms with Crippen LogP contribution in [0.1, 0.15) is 0 Å². The van der Waals surface area contributed by atoms with Gasteiger partial charge in [-0.3, -0.25) is 0 Å². The van der Waals surface area contributed by atoms with E-state index in [0.717, 1.165) is 88.2 Å². The third-order valence-corrected chi connectivity index (χ3v) is 8.18. The molecule has 0 aliphatic rings. The van der Waals surface area contributed by atoms with Crippen LogP contribution in [0.4, 0.5) is 0 Å². The zero-order valence-corrected chi connectivity index (χ0v) is 23.0. The number of halogens is 1. The highest BCUT2D eigenvalue weighted by Crippen LogP contribution is 2.37. The van der Waals surface area contributed by atoms with Crippen molar-refractivity contribution in [1.29, 1.82) is 0 Å². The Kier molecular flexibility index (Phi) is 4.69. The summed E-state index contributed by atoms with van der Waals surface area (Å²) in [7, 11) is 0. The number of pyridine rings is 1. The SMILES string of the molecule is Brc1nc(-c2ccc3oc4ccccc4c3c2)c2ccc3ccc(-c4ccc5oc6ccccc6c5c4)nc3c2n1. The van der Waals surface area contributed by atoms with Gasteiger partial charge in [-0.2, -0.15) is 0 Å². The van der Waals surface area contributed by atoms with Crippen molar-refractivity contribution < 1.29 is 8.83 Å².